The van der Waals surface area contributed by atoms with Gasteiger partial charge in [0, 0.05) is 29.4 Å². The number of nitrogens with two attached hydrogens (primary N) is 1. The number of alkyl halides is 6. The van der Waals surface area contributed by atoms with Crippen LogP contribution in [0, 0.1) is 17.8 Å². The number of aliphatic hydroxyl groups excluding tert-OH is 3. The predicted octanol–water partition coefficient (Wildman–Crippen LogP) is 3.49. The summed E-state index contributed by atoms with van der Waals surface area (Å²) >= 11 is 0. The Morgan fingerprint density at radius 1 is 0.978 bits per heavy atom. The maximum absolute atomic E-state index is 13.8. The number of hydrogen-bond acceptors (Lipinski definition) is 8. The van der Waals surface area contributed by atoms with Gasteiger partial charge < -0.3 is 31.3 Å². The lowest BCUT2D eigenvalue weighted by molar-refractivity contribution is -0.195. The fourth-order valence-electron chi connectivity index (χ4n) is 6.72. The molecule has 7 atom stereocenters. The quantitative estimate of drug-likeness (QED) is 0.168. The zero-order valence-electron chi connectivity index (χ0n) is 23.0. The summed E-state index contributed by atoms with van der Waals surface area (Å²) in [7, 11) is 0. The average Bonchev–Trinajstić information content (AvgIpc) is 2.93. The normalized spacial score (nSPS) is 30.3. The first-order valence-electron chi connectivity index (χ1n) is 13.4. The van der Waals surface area contributed by atoms with Crippen LogP contribution in [0.1, 0.15) is 57.4 Å². The molecule has 3 aliphatic rings. The summed E-state index contributed by atoms with van der Waals surface area (Å²) in [5.41, 5.74) is -2.47. The van der Waals surface area contributed by atoms with E-state index < -0.39 is 117 Å². The SMILES string of the molecule is C[C@H]1c2ccc(/C=C/c3cc(C(F)(F)F)cc(C(F)(F)F)c3)c(O)c2C(=O)C2=C(O)[C@]3(O)C(O)C(C(N)=O)C(=O)C[C@@H]3[C@@H](O)[C@@H]21. The number of carbonyl (C=O) groups excluding carboxylic acids is 3. The van der Waals surface area contributed by atoms with Gasteiger partial charge in [0.25, 0.3) is 0 Å². The smallest absolute Gasteiger partial charge is 0.416 e. The van der Waals surface area contributed by atoms with Gasteiger partial charge in [-0.3, -0.25) is 14.4 Å². The highest BCUT2D eigenvalue weighted by atomic mass is 19.4. The number of phenolic OH excluding ortho intramolecular Hbond substituents is 1. The molecule has 7 N–H and O–H groups in total. The van der Waals surface area contributed by atoms with Crippen molar-refractivity contribution in [3.05, 3.63) is 75.0 Å². The molecule has 0 radical (unpaired) electrons. The molecule has 5 rings (SSSR count). The second kappa shape index (κ2) is 10.4. The number of amides is 1. The molecule has 1 saturated carbocycles. The largest absolute Gasteiger partial charge is 0.509 e. The van der Waals surface area contributed by atoms with Gasteiger partial charge in [-0.05, 0) is 35.2 Å². The molecule has 0 spiro atoms. The fraction of sp³-hybridized carbons (Fsp3) is 0.367. The van der Waals surface area contributed by atoms with Crippen LogP contribution in [0.5, 0.6) is 5.75 Å². The Bertz CT molecular complexity index is 1660. The van der Waals surface area contributed by atoms with Crippen molar-refractivity contribution >= 4 is 29.6 Å². The summed E-state index contributed by atoms with van der Waals surface area (Å²) < 4.78 is 79.7. The molecule has 0 heterocycles. The topological polar surface area (TPSA) is 178 Å². The predicted molar refractivity (Wildman–Crippen MR) is 142 cm³/mol. The molecule has 2 aromatic carbocycles. The number of aromatic hydroxyl groups is 1. The number of hydrogen-bond donors (Lipinski definition) is 6. The van der Waals surface area contributed by atoms with Gasteiger partial charge in [-0.15, -0.1) is 0 Å². The first kappa shape index (κ1) is 32.2. The van der Waals surface area contributed by atoms with Gasteiger partial charge in [0.2, 0.25) is 5.91 Å². The monoisotopic (exact) mass is 641 g/mol. The first-order chi connectivity index (χ1) is 20.7. The number of phenols is 1. The number of Topliss-reactive ketones (excluding diaryl/α,β-unsaturated/α-hetero) is 2. The third-order valence-electron chi connectivity index (χ3n) is 8.96. The van der Waals surface area contributed by atoms with Crippen molar-refractivity contribution in [2.75, 3.05) is 0 Å². The molecule has 2 aromatic rings. The van der Waals surface area contributed by atoms with Crippen molar-refractivity contribution in [2.24, 2.45) is 23.5 Å². The zero-order chi connectivity index (χ0) is 33.5. The van der Waals surface area contributed by atoms with Crippen molar-refractivity contribution in [3.8, 4) is 5.75 Å². The number of carbonyl (C=O) groups is 3. The fourth-order valence-corrected chi connectivity index (χ4v) is 6.72. The van der Waals surface area contributed by atoms with Crippen molar-refractivity contribution in [2.45, 2.75) is 49.4 Å². The van der Waals surface area contributed by atoms with Crippen molar-refractivity contribution in [1.82, 2.24) is 0 Å². The molecule has 240 valence electrons. The summed E-state index contributed by atoms with van der Waals surface area (Å²) in [4.78, 5) is 38.3. The van der Waals surface area contributed by atoms with Gasteiger partial charge in [-0.25, -0.2) is 0 Å². The zero-order valence-corrected chi connectivity index (χ0v) is 23.0. The van der Waals surface area contributed by atoms with Crippen LogP contribution >= 0.6 is 0 Å². The summed E-state index contributed by atoms with van der Waals surface area (Å²) in [5, 5.41) is 55.9. The molecule has 0 aromatic heterocycles. The van der Waals surface area contributed by atoms with Crippen LogP contribution in [0.3, 0.4) is 0 Å². The highest BCUT2D eigenvalue weighted by Crippen LogP contribution is 2.55. The molecular formula is C30H25F6NO8. The van der Waals surface area contributed by atoms with Crippen LogP contribution in [0.4, 0.5) is 26.3 Å². The molecule has 2 unspecified atom stereocenters. The van der Waals surface area contributed by atoms with Gasteiger partial charge in [0.05, 0.1) is 22.8 Å². The maximum Gasteiger partial charge on any atom is 0.416 e. The summed E-state index contributed by atoms with van der Waals surface area (Å²) in [5.74, 6) is -10.9. The summed E-state index contributed by atoms with van der Waals surface area (Å²) in [6, 6.07) is 3.43. The second-order valence-corrected chi connectivity index (χ2v) is 11.5. The third-order valence-corrected chi connectivity index (χ3v) is 8.96. The van der Waals surface area contributed by atoms with E-state index in [0.717, 1.165) is 12.2 Å². The molecule has 15 heteroatoms. The Kier molecular flexibility index (Phi) is 7.46. The minimum atomic E-state index is -5.10. The maximum atomic E-state index is 13.8. The average molecular weight is 642 g/mol. The molecule has 0 bridgehead atoms. The molecule has 3 aliphatic carbocycles. The lowest BCUT2D eigenvalue weighted by Crippen LogP contribution is -2.68. The van der Waals surface area contributed by atoms with E-state index in [1.54, 1.807) is 0 Å². The van der Waals surface area contributed by atoms with Crippen molar-refractivity contribution in [1.29, 1.82) is 0 Å². The van der Waals surface area contributed by atoms with Crippen LogP contribution in [-0.2, 0) is 21.9 Å². The van der Waals surface area contributed by atoms with Gasteiger partial charge in [-0.1, -0.05) is 31.2 Å². The van der Waals surface area contributed by atoms with Gasteiger partial charge >= 0.3 is 12.4 Å². The molecular weight excluding hydrogens is 616 g/mol. The van der Waals surface area contributed by atoms with E-state index >= 15 is 0 Å². The van der Waals surface area contributed by atoms with Crippen LogP contribution in [0.2, 0.25) is 0 Å². The standard InChI is InChI=1S/C30H25F6NO8/c1-10-15-5-4-12(3-2-11-6-13(29(31,32)33)8-14(7-11)30(34,35)36)22(39)19(15)24(41)21-18(10)23(40)16-9-17(38)20(27(37)44)25(42)28(16,45)26(21)43/h2-8,10,16,18,20,23,25,39-40,42-43,45H,9H2,1H3,(H2,37,44)/b3-2+/t10-,16+,18+,20?,23+,25?,28+/m0/s1. The Morgan fingerprint density at radius 3 is 2.09 bits per heavy atom. The third kappa shape index (κ3) is 4.89. The molecule has 1 amide bonds. The number of fused-ring (bicyclic) bond motifs is 3. The Morgan fingerprint density at radius 2 is 1.56 bits per heavy atom. The summed E-state index contributed by atoms with van der Waals surface area (Å²) in [6.45, 7) is 1.50. The van der Waals surface area contributed by atoms with Gasteiger partial charge in [0.15, 0.2) is 11.4 Å². The highest BCUT2D eigenvalue weighted by Gasteiger charge is 2.65. The van der Waals surface area contributed by atoms with E-state index in [2.05, 4.69) is 0 Å². The van der Waals surface area contributed by atoms with Crippen LogP contribution in [0.15, 0.2) is 41.7 Å². The van der Waals surface area contributed by atoms with Crippen molar-refractivity contribution in [3.63, 3.8) is 0 Å². The van der Waals surface area contributed by atoms with E-state index in [9.17, 15) is 66.3 Å². The second-order valence-electron chi connectivity index (χ2n) is 11.5. The van der Waals surface area contributed by atoms with E-state index in [1.165, 1.54) is 19.1 Å². The number of benzene rings is 2. The lowest BCUT2D eigenvalue weighted by atomic mass is 9.54. The Hall–Kier alpha value is -4.21. The molecule has 0 aliphatic heterocycles. The van der Waals surface area contributed by atoms with Gasteiger partial charge in [0.1, 0.15) is 29.3 Å². The Balaban J connectivity index is 1.61. The van der Waals surface area contributed by atoms with Crippen LogP contribution < -0.4 is 5.73 Å². The molecule has 1 fully saturated rings. The summed E-state index contributed by atoms with van der Waals surface area (Å²) in [6.07, 6.45) is -13.1. The van der Waals surface area contributed by atoms with Gasteiger partial charge in [-0.2, -0.15) is 26.3 Å². The first-order valence-corrected chi connectivity index (χ1v) is 13.4. The lowest BCUT2D eigenvalue weighted by Gasteiger charge is -2.53. The van der Waals surface area contributed by atoms with E-state index in [1.807, 2.05) is 0 Å². The minimum absolute atomic E-state index is 0.0493. The number of halogens is 6. The number of ketones is 2. The number of rotatable bonds is 3. The van der Waals surface area contributed by atoms with E-state index in [4.69, 9.17) is 5.73 Å². The molecule has 0 saturated heterocycles. The van der Waals surface area contributed by atoms with Crippen molar-refractivity contribution < 1.29 is 66.3 Å². The van der Waals surface area contributed by atoms with E-state index in [0.29, 0.717) is 12.1 Å². The minimum Gasteiger partial charge on any atom is -0.509 e. The van der Waals surface area contributed by atoms with E-state index in [-0.39, 0.29) is 17.2 Å². The molecule has 9 nitrogen and oxygen atoms in total. The highest BCUT2D eigenvalue weighted by molar-refractivity contribution is 6.14. The number of primary amides is 1. The Labute approximate surface area is 249 Å². The number of aliphatic hydroxyl groups is 4. The molecule has 45 heavy (non-hydrogen) atoms. The van der Waals surface area contributed by atoms with Crippen LogP contribution in [-0.4, -0.2) is 60.8 Å². The van der Waals surface area contributed by atoms with Crippen LogP contribution in [0.25, 0.3) is 12.2 Å².